The Labute approximate surface area is 187 Å². The van der Waals surface area contributed by atoms with E-state index in [9.17, 15) is 4.79 Å². The van der Waals surface area contributed by atoms with Crippen molar-refractivity contribution in [1.29, 1.82) is 0 Å². The summed E-state index contributed by atoms with van der Waals surface area (Å²) in [6.45, 7) is -3.66. The first-order chi connectivity index (χ1) is 16.5. The number of benzene rings is 1. The van der Waals surface area contributed by atoms with E-state index >= 15 is 8.78 Å². The topological polar surface area (TPSA) is 65.2 Å². The van der Waals surface area contributed by atoms with Gasteiger partial charge in [-0.05, 0) is 37.2 Å². The van der Waals surface area contributed by atoms with Gasteiger partial charge in [-0.2, -0.15) is 0 Å². The Bertz CT molecular complexity index is 1480. The molecular weight excluding hydrogens is 416 g/mol. The van der Waals surface area contributed by atoms with Crippen molar-refractivity contribution in [2.24, 2.45) is 7.05 Å². The Kier molecular flexibility index (Phi) is 3.97. The quantitative estimate of drug-likeness (QED) is 0.486. The number of piperidine rings is 1. The van der Waals surface area contributed by atoms with Crippen molar-refractivity contribution in [1.82, 2.24) is 24.0 Å². The van der Waals surface area contributed by atoms with Crippen LogP contribution in [-0.4, -0.2) is 57.1 Å². The summed E-state index contributed by atoms with van der Waals surface area (Å²) in [5.41, 5.74) is 2.27. The van der Waals surface area contributed by atoms with Gasteiger partial charge in [0.25, 0.3) is 5.92 Å². The van der Waals surface area contributed by atoms with E-state index in [1.54, 1.807) is 24.4 Å². The first-order valence-electron chi connectivity index (χ1n) is 11.6. The van der Waals surface area contributed by atoms with E-state index in [1.165, 1.54) is 24.9 Å². The third-order valence-corrected chi connectivity index (χ3v) is 6.07. The molecule has 166 valence electrons. The van der Waals surface area contributed by atoms with Crippen molar-refractivity contribution in [3.05, 3.63) is 53.2 Å². The summed E-state index contributed by atoms with van der Waals surface area (Å²) >= 11 is 0. The molecule has 1 aromatic carbocycles. The zero-order chi connectivity index (χ0) is 25.1. The van der Waals surface area contributed by atoms with Crippen LogP contribution in [0.4, 0.5) is 8.78 Å². The normalized spacial score (nSPS) is 20.8. The monoisotopic (exact) mass is 442 g/mol. The average Bonchev–Trinajstić information content (AvgIpc) is 3.08. The number of likely N-dealkylation sites (tertiary alicyclic amines) is 1. The van der Waals surface area contributed by atoms with Crippen LogP contribution in [-0.2, 0) is 7.05 Å². The number of ether oxygens (including phenoxy) is 1. The van der Waals surface area contributed by atoms with Crippen LogP contribution in [0.25, 0.3) is 33.1 Å². The minimum absolute atomic E-state index is 0.0780. The number of aryl methyl sites for hydroxylation is 1. The fourth-order valence-electron chi connectivity index (χ4n) is 4.41. The Balaban J connectivity index is 1.70. The summed E-state index contributed by atoms with van der Waals surface area (Å²) in [6.07, 6.45) is 2.96. The van der Waals surface area contributed by atoms with E-state index in [2.05, 4.69) is 9.97 Å². The molecule has 7 nitrogen and oxygen atoms in total. The molecule has 9 heteroatoms. The van der Waals surface area contributed by atoms with Crippen molar-refractivity contribution in [2.75, 3.05) is 27.2 Å². The fourth-order valence-corrected chi connectivity index (χ4v) is 4.41. The van der Waals surface area contributed by atoms with Gasteiger partial charge < -0.3 is 9.64 Å². The number of fused-ring (bicyclic) bond motifs is 3. The molecular formula is C23H23F2N5O2. The van der Waals surface area contributed by atoms with Crippen molar-refractivity contribution in [3.63, 3.8) is 0 Å². The van der Waals surface area contributed by atoms with E-state index in [-0.39, 0.29) is 13.0 Å². The second-order valence-corrected chi connectivity index (χ2v) is 8.01. The lowest BCUT2D eigenvalue weighted by atomic mass is 10.00. The van der Waals surface area contributed by atoms with Crippen LogP contribution in [0.1, 0.15) is 16.6 Å². The summed E-state index contributed by atoms with van der Waals surface area (Å²) in [7, 11) is 3.04. The van der Waals surface area contributed by atoms with Crippen molar-refractivity contribution in [3.8, 4) is 17.0 Å². The molecule has 32 heavy (non-hydrogen) atoms. The molecule has 0 amide bonds. The van der Waals surface area contributed by atoms with E-state index in [0.29, 0.717) is 27.8 Å². The van der Waals surface area contributed by atoms with Gasteiger partial charge >= 0.3 is 5.69 Å². The predicted molar refractivity (Wildman–Crippen MR) is 118 cm³/mol. The van der Waals surface area contributed by atoms with Crippen LogP contribution < -0.4 is 10.4 Å². The zero-order valence-electron chi connectivity index (χ0n) is 20.5. The van der Waals surface area contributed by atoms with Gasteiger partial charge in [0.2, 0.25) is 5.88 Å². The first kappa shape index (κ1) is 17.3. The van der Waals surface area contributed by atoms with Gasteiger partial charge in [0.05, 0.1) is 36.4 Å². The lowest BCUT2D eigenvalue weighted by molar-refractivity contribution is -0.0977. The highest BCUT2D eigenvalue weighted by atomic mass is 19.3. The molecule has 0 radical (unpaired) electrons. The molecule has 1 aliphatic heterocycles. The Hall–Kier alpha value is -3.33. The van der Waals surface area contributed by atoms with Crippen LogP contribution >= 0.6 is 0 Å². The van der Waals surface area contributed by atoms with Gasteiger partial charge in [0.1, 0.15) is 6.04 Å². The summed E-state index contributed by atoms with van der Waals surface area (Å²) < 4.78 is 60.8. The van der Waals surface area contributed by atoms with E-state index in [4.69, 9.17) is 8.85 Å². The van der Waals surface area contributed by atoms with Crippen molar-refractivity contribution < 1.29 is 17.6 Å². The number of alkyl halides is 2. The Morgan fingerprint density at radius 2 is 2.00 bits per heavy atom. The number of methoxy groups -OCH3 is 1. The van der Waals surface area contributed by atoms with Crippen LogP contribution in [0.2, 0.25) is 0 Å². The zero-order valence-corrected chi connectivity index (χ0v) is 17.5. The standard InChI is InChI=1S/C23H23F2N5O2/c1-28-9-8-19(23(24,25)13-28)30-21-16-10-14(15-5-7-20(32-3)27-11-15)4-6-17(16)26-12-18(21)29(2)22(30)31/h4-7,10-12,19H,8-9,13H2,1-3H3/i1D3. The van der Waals surface area contributed by atoms with Gasteiger partial charge in [-0.25, -0.2) is 18.6 Å². The molecule has 1 atom stereocenters. The molecule has 1 aliphatic rings. The summed E-state index contributed by atoms with van der Waals surface area (Å²) in [5, 5.41) is 0.544. The van der Waals surface area contributed by atoms with Crippen LogP contribution in [0.5, 0.6) is 5.88 Å². The molecule has 4 heterocycles. The van der Waals surface area contributed by atoms with Gasteiger partial charge in [-0.1, -0.05) is 6.07 Å². The van der Waals surface area contributed by atoms with Crippen molar-refractivity contribution >= 4 is 21.9 Å². The Morgan fingerprint density at radius 1 is 1.19 bits per heavy atom. The molecule has 1 fully saturated rings. The van der Waals surface area contributed by atoms with Crippen LogP contribution in [0.15, 0.2) is 47.5 Å². The maximum Gasteiger partial charge on any atom is 0.329 e. The number of imidazole rings is 1. The van der Waals surface area contributed by atoms with E-state index in [0.717, 1.165) is 20.6 Å². The highest BCUT2D eigenvalue weighted by Gasteiger charge is 2.46. The van der Waals surface area contributed by atoms with Gasteiger partial charge in [-0.3, -0.25) is 14.1 Å². The van der Waals surface area contributed by atoms with Gasteiger partial charge in [-0.15, -0.1) is 0 Å². The van der Waals surface area contributed by atoms with Crippen LogP contribution in [0, 0.1) is 0 Å². The molecule has 5 rings (SSSR count). The van der Waals surface area contributed by atoms with Crippen molar-refractivity contribution in [2.45, 2.75) is 18.4 Å². The second-order valence-electron chi connectivity index (χ2n) is 8.01. The minimum atomic E-state index is -3.43. The fraction of sp³-hybridized carbons (Fsp3) is 0.348. The largest absolute Gasteiger partial charge is 0.481 e. The lowest BCUT2D eigenvalue weighted by Crippen LogP contribution is -2.49. The average molecular weight is 442 g/mol. The number of hydrogen-bond acceptors (Lipinski definition) is 5. The first-order valence-corrected chi connectivity index (χ1v) is 10.1. The second kappa shape index (κ2) is 7.37. The van der Waals surface area contributed by atoms with Gasteiger partial charge in [0, 0.05) is 40.9 Å². The van der Waals surface area contributed by atoms with Crippen LogP contribution in [0.3, 0.4) is 0 Å². The number of hydrogen-bond donors (Lipinski definition) is 0. The highest BCUT2D eigenvalue weighted by Crippen LogP contribution is 2.39. The number of halogens is 2. The number of pyridine rings is 2. The molecule has 1 unspecified atom stereocenters. The molecule has 1 saturated heterocycles. The van der Waals surface area contributed by atoms with E-state index < -0.39 is 31.2 Å². The molecule has 3 aromatic heterocycles. The SMILES string of the molecule is [2H]C([2H])([2H])N1CCC(n2c(=O)n(C)c3cnc4ccc(-c5ccc(OC)nc5)cc4c32)C(F)(F)C1. The number of aromatic nitrogens is 4. The summed E-state index contributed by atoms with van der Waals surface area (Å²) in [4.78, 5) is 22.7. The third-order valence-electron chi connectivity index (χ3n) is 6.07. The minimum Gasteiger partial charge on any atom is -0.481 e. The third kappa shape index (κ3) is 3.15. The Morgan fingerprint density at radius 3 is 2.69 bits per heavy atom. The highest BCUT2D eigenvalue weighted by molar-refractivity contribution is 6.04. The smallest absolute Gasteiger partial charge is 0.329 e. The summed E-state index contributed by atoms with van der Waals surface area (Å²) in [5.74, 6) is -2.97. The molecule has 0 aliphatic carbocycles. The molecule has 0 N–H and O–H groups in total. The predicted octanol–water partition coefficient (Wildman–Crippen LogP) is 3.47. The maximum absolute atomic E-state index is 15.4. The molecule has 0 bridgehead atoms. The lowest BCUT2D eigenvalue weighted by Gasteiger charge is -2.37. The molecule has 0 spiro atoms. The number of rotatable bonds is 3. The molecule has 0 saturated carbocycles. The molecule has 4 aromatic rings. The summed E-state index contributed by atoms with van der Waals surface area (Å²) in [6, 6.07) is 7.48. The van der Waals surface area contributed by atoms with E-state index in [1.807, 2.05) is 12.1 Å². The van der Waals surface area contributed by atoms with Gasteiger partial charge in [0.15, 0.2) is 0 Å². The number of nitrogens with zero attached hydrogens (tertiary/aromatic N) is 5. The maximum atomic E-state index is 15.4.